The van der Waals surface area contributed by atoms with Crippen molar-refractivity contribution in [2.24, 2.45) is 5.92 Å². The molecule has 0 spiro atoms. The van der Waals surface area contributed by atoms with Crippen LogP contribution in [0.4, 0.5) is 10.8 Å². The fraction of sp³-hybridized carbons (Fsp3) is 0.406. The highest BCUT2D eigenvalue weighted by molar-refractivity contribution is 7.14. The van der Waals surface area contributed by atoms with Gasteiger partial charge in [0.15, 0.2) is 22.3 Å². The zero-order chi connectivity index (χ0) is 32.8. The molecule has 0 unspecified atom stereocenters. The van der Waals surface area contributed by atoms with E-state index < -0.39 is 24.0 Å². The van der Waals surface area contributed by atoms with Crippen molar-refractivity contribution in [1.82, 2.24) is 10.3 Å². The molecule has 4 rings (SSSR count). The third-order valence-electron chi connectivity index (χ3n) is 7.40. The molecule has 3 aromatic rings. The summed E-state index contributed by atoms with van der Waals surface area (Å²) in [5.41, 5.74) is 2.81. The van der Waals surface area contributed by atoms with Gasteiger partial charge in [-0.15, -0.1) is 11.3 Å². The Bertz CT molecular complexity index is 1650. The van der Waals surface area contributed by atoms with E-state index in [1.165, 1.54) is 32.6 Å². The van der Waals surface area contributed by atoms with E-state index in [9.17, 15) is 19.2 Å². The van der Waals surface area contributed by atoms with Crippen molar-refractivity contribution in [3.63, 3.8) is 0 Å². The first-order valence-corrected chi connectivity index (χ1v) is 15.4. The summed E-state index contributed by atoms with van der Waals surface area (Å²) in [6.07, 6.45) is 1.09. The van der Waals surface area contributed by atoms with Crippen LogP contribution in [0.3, 0.4) is 0 Å². The Morgan fingerprint density at radius 3 is 2.42 bits per heavy atom. The number of aryl methyl sites for hydroxylation is 1. The fourth-order valence-electron chi connectivity index (χ4n) is 5.34. The summed E-state index contributed by atoms with van der Waals surface area (Å²) in [7, 11) is 4.60. The second kappa shape index (κ2) is 14.4. The number of aromatic nitrogens is 1. The molecule has 0 saturated heterocycles. The molecule has 45 heavy (non-hydrogen) atoms. The lowest BCUT2D eigenvalue weighted by Crippen LogP contribution is -2.39. The summed E-state index contributed by atoms with van der Waals surface area (Å²) < 4.78 is 22.0. The third kappa shape index (κ3) is 7.19. The number of methoxy groups -OCH3 is 3. The molecule has 0 bridgehead atoms. The second-order valence-electron chi connectivity index (χ2n) is 10.7. The summed E-state index contributed by atoms with van der Waals surface area (Å²) in [5.74, 6) is -0.132. The molecule has 1 aliphatic carbocycles. The maximum absolute atomic E-state index is 13.8. The minimum Gasteiger partial charge on any atom is -0.493 e. The van der Waals surface area contributed by atoms with E-state index in [1.807, 2.05) is 19.9 Å². The van der Waals surface area contributed by atoms with Crippen molar-refractivity contribution in [2.45, 2.75) is 52.6 Å². The molecule has 1 aromatic heterocycles. The normalized spacial score (nSPS) is 14.3. The van der Waals surface area contributed by atoms with Gasteiger partial charge >= 0.3 is 5.97 Å². The highest BCUT2D eigenvalue weighted by atomic mass is 32.1. The number of fused-ring (bicyclic) bond motifs is 3. The van der Waals surface area contributed by atoms with Crippen LogP contribution >= 0.6 is 11.3 Å². The number of hydrogen-bond acceptors (Lipinski definition) is 11. The van der Waals surface area contributed by atoms with Crippen LogP contribution in [0.2, 0.25) is 0 Å². The van der Waals surface area contributed by atoms with Gasteiger partial charge in [0.25, 0.3) is 0 Å². The van der Waals surface area contributed by atoms with Gasteiger partial charge in [-0.3, -0.25) is 14.4 Å². The summed E-state index contributed by atoms with van der Waals surface area (Å²) >= 11 is 1.10. The average molecular weight is 639 g/mol. The van der Waals surface area contributed by atoms with Crippen LogP contribution in [0.1, 0.15) is 61.8 Å². The van der Waals surface area contributed by atoms with Crippen molar-refractivity contribution in [1.29, 1.82) is 0 Å². The smallest absolute Gasteiger partial charge is 0.357 e. The van der Waals surface area contributed by atoms with Gasteiger partial charge in [0.2, 0.25) is 23.0 Å². The molecule has 0 radical (unpaired) electrons. The number of ether oxygens (including phenoxy) is 4. The third-order valence-corrected chi connectivity index (χ3v) is 8.15. The minimum atomic E-state index is -0.827. The molecule has 3 N–H and O–H groups in total. The number of nitrogens with zero attached hydrogens (tertiary/aromatic N) is 1. The highest BCUT2D eigenvalue weighted by Crippen LogP contribution is 2.50. The number of thiazole rings is 1. The molecular weight excluding hydrogens is 600 g/mol. The van der Waals surface area contributed by atoms with Gasteiger partial charge in [-0.25, -0.2) is 9.78 Å². The Morgan fingerprint density at radius 1 is 1.07 bits per heavy atom. The van der Waals surface area contributed by atoms with Crippen molar-refractivity contribution in [3.05, 3.63) is 56.7 Å². The van der Waals surface area contributed by atoms with Gasteiger partial charge in [0.1, 0.15) is 6.04 Å². The second-order valence-corrected chi connectivity index (χ2v) is 11.6. The first kappa shape index (κ1) is 33.2. The number of benzene rings is 1. The van der Waals surface area contributed by atoms with Gasteiger partial charge in [-0.05, 0) is 60.6 Å². The van der Waals surface area contributed by atoms with E-state index >= 15 is 0 Å². The number of esters is 1. The summed E-state index contributed by atoms with van der Waals surface area (Å²) in [6.45, 7) is 7.03. The van der Waals surface area contributed by atoms with Gasteiger partial charge in [-0.1, -0.05) is 19.9 Å². The summed E-state index contributed by atoms with van der Waals surface area (Å²) in [6, 6.07) is 5.49. The molecule has 1 aliphatic rings. The van der Waals surface area contributed by atoms with Crippen molar-refractivity contribution in [2.75, 3.05) is 38.6 Å². The van der Waals surface area contributed by atoms with Crippen molar-refractivity contribution in [3.8, 4) is 28.4 Å². The van der Waals surface area contributed by atoms with Gasteiger partial charge < -0.3 is 34.9 Å². The first-order valence-electron chi connectivity index (χ1n) is 14.5. The number of rotatable bonds is 11. The number of nitrogens with one attached hydrogen (secondary N) is 3. The SMILES string of the molecule is CCOC(=O)c1csc(NC(=O)[C@@H](Nc2ccc3c(cc2=O)[C@H](NC(C)=O)CCc2cc(OC)c(OC)c(OC)c2-3)C(C)C)n1. The zero-order valence-corrected chi connectivity index (χ0v) is 27.2. The van der Waals surface area contributed by atoms with E-state index in [-0.39, 0.29) is 40.4 Å². The van der Waals surface area contributed by atoms with Crippen LogP contribution in [0.15, 0.2) is 34.4 Å². The average Bonchev–Trinajstić information content (AvgIpc) is 3.34. The fourth-order valence-corrected chi connectivity index (χ4v) is 6.03. The van der Waals surface area contributed by atoms with Crippen LogP contribution in [0.25, 0.3) is 11.1 Å². The zero-order valence-electron chi connectivity index (χ0n) is 26.4. The standard InChI is InChI=1S/C32H38N4O8S/c1-8-44-31(40)23-15-45-32(35-23)36-30(39)27(16(2)3)34-22-12-10-19-20(14-24(22)38)21(33-17(4)37)11-9-18-13-25(41-5)28(42-6)29(43-7)26(18)19/h10,12-16,21,27H,8-9,11H2,1-7H3,(H,33,37)(H,34,38)(H,35,36,39)/t21-,27+/m1/s1. The molecule has 12 nitrogen and oxygen atoms in total. The van der Waals surface area contributed by atoms with Crippen LogP contribution in [-0.2, 0) is 20.7 Å². The van der Waals surface area contributed by atoms with Gasteiger partial charge in [0.05, 0.1) is 39.7 Å². The summed E-state index contributed by atoms with van der Waals surface area (Å²) in [4.78, 5) is 55.6. The highest BCUT2D eigenvalue weighted by Gasteiger charge is 2.30. The lowest BCUT2D eigenvalue weighted by atomic mass is 9.95. The Labute approximate surface area is 265 Å². The molecule has 2 atom stereocenters. The van der Waals surface area contributed by atoms with E-state index in [0.29, 0.717) is 41.2 Å². The Hall–Kier alpha value is -4.65. The molecule has 0 aliphatic heterocycles. The number of anilines is 2. The van der Waals surface area contributed by atoms with Crippen LogP contribution < -0.4 is 35.6 Å². The summed E-state index contributed by atoms with van der Waals surface area (Å²) in [5, 5.41) is 10.6. The topological polar surface area (TPSA) is 154 Å². The van der Waals surface area contributed by atoms with E-state index in [2.05, 4.69) is 20.9 Å². The molecule has 0 fully saturated rings. The van der Waals surface area contributed by atoms with Crippen molar-refractivity contribution < 1.29 is 33.3 Å². The van der Waals surface area contributed by atoms with Crippen LogP contribution in [0.5, 0.6) is 17.2 Å². The molecule has 2 amide bonds. The predicted octanol–water partition coefficient (Wildman–Crippen LogP) is 4.57. The monoisotopic (exact) mass is 638 g/mol. The Morgan fingerprint density at radius 2 is 1.80 bits per heavy atom. The van der Waals surface area contributed by atoms with E-state index in [4.69, 9.17) is 18.9 Å². The lowest BCUT2D eigenvalue weighted by Gasteiger charge is -2.21. The molecule has 0 saturated carbocycles. The largest absolute Gasteiger partial charge is 0.493 e. The number of carbonyl (C=O) groups excluding carboxylic acids is 3. The number of amides is 2. The Kier molecular flexibility index (Phi) is 10.7. The number of carbonyl (C=O) groups is 3. The Balaban J connectivity index is 1.78. The van der Waals surface area contributed by atoms with Crippen molar-refractivity contribution >= 4 is 39.9 Å². The predicted molar refractivity (Wildman–Crippen MR) is 172 cm³/mol. The van der Waals surface area contributed by atoms with Crippen LogP contribution in [0, 0.1) is 5.92 Å². The molecule has 240 valence electrons. The maximum Gasteiger partial charge on any atom is 0.357 e. The molecular formula is C32H38N4O8S. The lowest BCUT2D eigenvalue weighted by molar-refractivity contribution is -0.120. The number of hydrogen-bond donors (Lipinski definition) is 3. The molecule has 13 heteroatoms. The minimum absolute atomic E-state index is 0.100. The quantitative estimate of drug-likeness (QED) is 0.255. The molecule has 1 heterocycles. The van der Waals surface area contributed by atoms with Gasteiger partial charge in [-0.2, -0.15) is 0 Å². The van der Waals surface area contributed by atoms with Crippen LogP contribution in [-0.4, -0.2) is 56.7 Å². The van der Waals surface area contributed by atoms with E-state index in [0.717, 1.165) is 22.5 Å². The molecule has 2 aromatic carbocycles. The van der Waals surface area contributed by atoms with E-state index in [1.54, 1.807) is 26.2 Å². The van der Waals surface area contributed by atoms with Gasteiger partial charge in [0, 0.05) is 17.9 Å². The maximum atomic E-state index is 13.8. The first-order chi connectivity index (χ1) is 21.5.